The summed E-state index contributed by atoms with van der Waals surface area (Å²) in [4.78, 5) is 30.3. The predicted molar refractivity (Wildman–Crippen MR) is 155 cm³/mol. The van der Waals surface area contributed by atoms with Crippen molar-refractivity contribution in [3.05, 3.63) is 77.7 Å². The van der Waals surface area contributed by atoms with Gasteiger partial charge in [-0.15, -0.1) is 9.24 Å². The fourth-order valence-electron chi connectivity index (χ4n) is 4.43. The average molecular weight is 562 g/mol. The van der Waals surface area contributed by atoms with Gasteiger partial charge in [0.15, 0.2) is 11.5 Å². The number of carbonyl (C=O) groups is 2. The Morgan fingerprint density at radius 1 is 0.925 bits per heavy atom. The molecular formula is C30H29FN3O5P. The number of anilines is 2. The first-order valence-corrected chi connectivity index (χ1v) is 13.2. The van der Waals surface area contributed by atoms with Gasteiger partial charge in [-0.05, 0) is 61.5 Å². The summed E-state index contributed by atoms with van der Waals surface area (Å²) >= 11 is 0. The highest BCUT2D eigenvalue weighted by atomic mass is 31.0. The van der Waals surface area contributed by atoms with Crippen LogP contribution >= 0.6 is 9.24 Å². The van der Waals surface area contributed by atoms with Gasteiger partial charge in [-0.1, -0.05) is 17.7 Å². The van der Waals surface area contributed by atoms with Gasteiger partial charge in [0.05, 0.1) is 19.7 Å². The molecule has 1 saturated carbocycles. The molecule has 0 radical (unpaired) electrons. The van der Waals surface area contributed by atoms with E-state index in [0.717, 1.165) is 5.56 Å². The van der Waals surface area contributed by atoms with Gasteiger partial charge in [0, 0.05) is 34.6 Å². The Kier molecular flexibility index (Phi) is 7.59. The minimum absolute atomic E-state index is 0.0603. The van der Waals surface area contributed by atoms with Crippen molar-refractivity contribution in [3.8, 4) is 17.2 Å². The molecule has 4 aromatic rings. The number of pyridine rings is 1. The smallest absolute Gasteiger partial charge is 0.240 e. The molecule has 1 atom stereocenters. The second kappa shape index (κ2) is 11.1. The number of carbonyl (C=O) groups excluding carboxylic acids is 2. The third kappa shape index (κ3) is 5.42. The topological polar surface area (TPSA) is 98.8 Å². The molecule has 2 N–H and O–H groups in total. The van der Waals surface area contributed by atoms with Crippen LogP contribution in [0.3, 0.4) is 0 Å². The van der Waals surface area contributed by atoms with Gasteiger partial charge in [0.2, 0.25) is 11.8 Å². The minimum atomic E-state index is -1.17. The third-order valence-electron chi connectivity index (χ3n) is 7.00. The summed E-state index contributed by atoms with van der Waals surface area (Å²) in [7, 11) is 5.56. The Hall–Kier alpha value is -4.23. The largest absolute Gasteiger partial charge is 0.493 e. The van der Waals surface area contributed by atoms with Crippen molar-refractivity contribution in [2.45, 2.75) is 26.4 Å². The molecule has 8 nitrogen and oxygen atoms in total. The first-order valence-electron chi connectivity index (χ1n) is 12.6. The zero-order chi connectivity index (χ0) is 28.4. The summed E-state index contributed by atoms with van der Waals surface area (Å²) in [6, 6.07) is 15.4. The first kappa shape index (κ1) is 27.3. The van der Waals surface area contributed by atoms with Gasteiger partial charge in [-0.3, -0.25) is 14.6 Å². The highest BCUT2D eigenvalue weighted by molar-refractivity contribution is 7.27. The number of nitrogens with zero attached hydrogens (tertiary/aromatic N) is 1. The van der Waals surface area contributed by atoms with Crippen LogP contribution in [0.5, 0.6) is 17.2 Å². The molecule has 0 bridgehead atoms. The molecule has 206 valence electrons. The molecule has 0 spiro atoms. The number of hydrogen-bond donors (Lipinski definition) is 2. The van der Waals surface area contributed by atoms with Crippen LogP contribution in [0.4, 0.5) is 15.8 Å². The van der Waals surface area contributed by atoms with E-state index in [9.17, 15) is 9.59 Å². The summed E-state index contributed by atoms with van der Waals surface area (Å²) in [5.41, 5.74) is 1.73. The summed E-state index contributed by atoms with van der Waals surface area (Å²) in [6.07, 6.45) is 2.45. The molecule has 1 aliphatic carbocycles. The maximum absolute atomic E-state index is 15.2. The van der Waals surface area contributed by atoms with Crippen molar-refractivity contribution in [1.29, 1.82) is 0 Å². The summed E-state index contributed by atoms with van der Waals surface area (Å²) in [5, 5.41) is 6.74. The average Bonchev–Trinajstić information content (AvgIpc) is 3.75. The number of hydrogen-bond acceptors (Lipinski definition) is 6. The molecular weight excluding hydrogens is 532 g/mol. The number of halogens is 1. The molecule has 0 saturated heterocycles. The number of amides is 2. The monoisotopic (exact) mass is 561 g/mol. The van der Waals surface area contributed by atoms with Crippen LogP contribution in [0.2, 0.25) is 0 Å². The van der Waals surface area contributed by atoms with E-state index in [0.29, 0.717) is 57.5 Å². The maximum atomic E-state index is 15.2. The van der Waals surface area contributed by atoms with Crippen molar-refractivity contribution in [1.82, 2.24) is 4.98 Å². The van der Waals surface area contributed by atoms with E-state index in [1.807, 2.05) is 19.1 Å². The molecule has 1 unspecified atom stereocenters. The van der Waals surface area contributed by atoms with Crippen LogP contribution in [0, 0.1) is 18.2 Å². The highest BCUT2D eigenvalue weighted by Crippen LogP contribution is 2.47. The molecule has 3 aromatic carbocycles. The van der Waals surface area contributed by atoms with Crippen LogP contribution < -0.4 is 30.1 Å². The van der Waals surface area contributed by atoms with Crippen LogP contribution in [-0.2, 0) is 16.2 Å². The second-order valence-corrected chi connectivity index (χ2v) is 10.3. The Morgan fingerprint density at radius 2 is 1.57 bits per heavy atom. The second-order valence-electron chi connectivity index (χ2n) is 9.70. The molecule has 10 heteroatoms. The lowest BCUT2D eigenvalue weighted by Gasteiger charge is -2.17. The van der Waals surface area contributed by atoms with Crippen molar-refractivity contribution < 1.29 is 28.2 Å². The third-order valence-corrected chi connectivity index (χ3v) is 7.51. The first-order chi connectivity index (χ1) is 19.2. The van der Waals surface area contributed by atoms with Gasteiger partial charge in [-0.2, -0.15) is 0 Å². The molecule has 5 rings (SSSR count). The van der Waals surface area contributed by atoms with E-state index >= 15 is 4.39 Å². The molecule has 1 fully saturated rings. The number of rotatable bonds is 9. The van der Waals surface area contributed by atoms with Crippen LogP contribution in [0.1, 0.15) is 24.0 Å². The lowest BCUT2D eigenvalue weighted by atomic mass is 10.0. The number of aromatic nitrogens is 1. The van der Waals surface area contributed by atoms with Gasteiger partial charge in [-0.25, -0.2) is 4.39 Å². The van der Waals surface area contributed by atoms with E-state index < -0.39 is 17.1 Å². The van der Waals surface area contributed by atoms with E-state index in [1.165, 1.54) is 6.07 Å². The lowest BCUT2D eigenvalue weighted by molar-refractivity contribution is -0.131. The number of nitrogens with one attached hydrogen (secondary N) is 2. The summed E-state index contributed by atoms with van der Waals surface area (Å²) in [5.74, 6) is 0.182. The van der Waals surface area contributed by atoms with Crippen molar-refractivity contribution in [3.63, 3.8) is 0 Å². The minimum Gasteiger partial charge on any atom is -0.493 e. The predicted octanol–water partition coefficient (Wildman–Crippen LogP) is 5.14. The van der Waals surface area contributed by atoms with Crippen LogP contribution in [0.15, 0.2) is 60.8 Å². The fraction of sp³-hybridized carbons (Fsp3) is 0.233. The standard InChI is InChI=1S/C30H29FN3O5P/c1-17-4-6-18(7-5-17)33-28(35)30(9-10-30)29(36)34-19-12-22(31)21(27(40)13-19)16-39-24-8-11-32-23-15-26(38-3)25(37-2)14-20(23)24/h4-8,11-15H,9-10,16,40H2,1-3H3,(H,33,35)(H,34,36). The van der Waals surface area contributed by atoms with Crippen LogP contribution in [-0.4, -0.2) is 31.0 Å². The Morgan fingerprint density at radius 3 is 2.20 bits per heavy atom. The molecule has 1 aliphatic rings. The normalized spacial score (nSPS) is 13.4. The SMILES string of the molecule is COc1cc2nccc(OCc3c(F)cc(NC(=O)C4(C(=O)Nc5ccc(C)cc5)CC4)cc3P)c2cc1OC. The van der Waals surface area contributed by atoms with E-state index in [4.69, 9.17) is 14.2 Å². The van der Waals surface area contributed by atoms with Crippen LogP contribution in [0.25, 0.3) is 10.9 Å². The lowest BCUT2D eigenvalue weighted by Crippen LogP contribution is -2.35. The van der Waals surface area contributed by atoms with E-state index in [2.05, 4.69) is 24.9 Å². The van der Waals surface area contributed by atoms with Gasteiger partial charge < -0.3 is 24.8 Å². The zero-order valence-corrected chi connectivity index (χ0v) is 23.5. The molecule has 1 heterocycles. The van der Waals surface area contributed by atoms with E-state index in [-0.39, 0.29) is 18.2 Å². The molecule has 2 amide bonds. The number of methoxy groups -OCH3 is 2. The zero-order valence-electron chi connectivity index (χ0n) is 22.3. The Labute approximate surface area is 233 Å². The Bertz CT molecular complexity index is 1580. The number of aryl methyl sites for hydroxylation is 1. The molecule has 40 heavy (non-hydrogen) atoms. The molecule has 1 aromatic heterocycles. The van der Waals surface area contributed by atoms with Crippen molar-refractivity contribution in [2.75, 3.05) is 24.9 Å². The number of ether oxygens (including phenoxy) is 3. The summed E-state index contributed by atoms with van der Waals surface area (Å²) < 4.78 is 31.9. The van der Waals surface area contributed by atoms with Crippen molar-refractivity contribution in [2.24, 2.45) is 5.41 Å². The Balaban J connectivity index is 1.29. The fourth-order valence-corrected chi connectivity index (χ4v) is 4.83. The quantitative estimate of drug-likeness (QED) is 0.217. The number of benzene rings is 3. The maximum Gasteiger partial charge on any atom is 0.240 e. The van der Waals surface area contributed by atoms with Crippen molar-refractivity contribution >= 4 is 48.6 Å². The van der Waals surface area contributed by atoms with E-state index in [1.54, 1.807) is 56.8 Å². The van der Waals surface area contributed by atoms with Gasteiger partial charge in [0.25, 0.3) is 0 Å². The van der Waals surface area contributed by atoms with Gasteiger partial charge >= 0.3 is 0 Å². The van der Waals surface area contributed by atoms with Gasteiger partial charge in [0.1, 0.15) is 23.6 Å². The summed E-state index contributed by atoms with van der Waals surface area (Å²) in [6.45, 7) is 1.89. The highest BCUT2D eigenvalue weighted by Gasteiger charge is 2.56. The number of fused-ring (bicyclic) bond motifs is 1. The molecule has 0 aliphatic heterocycles.